The molecule has 3 atom stereocenters. The Balaban J connectivity index is 1.61. The van der Waals surface area contributed by atoms with Gasteiger partial charge in [0, 0.05) is 24.9 Å². The first-order valence-electron chi connectivity index (χ1n) is 7.79. The van der Waals surface area contributed by atoms with Crippen molar-refractivity contribution < 1.29 is 4.74 Å². The van der Waals surface area contributed by atoms with E-state index in [0.717, 1.165) is 31.6 Å². The number of ether oxygens (including phenoxy) is 1. The molecule has 2 aliphatic heterocycles. The smallest absolute Gasteiger partial charge is 0.0707 e. The average molecular weight is 286 g/mol. The van der Waals surface area contributed by atoms with Gasteiger partial charge < -0.3 is 10.1 Å². The van der Waals surface area contributed by atoms with Gasteiger partial charge >= 0.3 is 0 Å². The molecule has 2 saturated heterocycles. The van der Waals surface area contributed by atoms with Crippen LogP contribution in [0.3, 0.4) is 0 Å². The van der Waals surface area contributed by atoms with Crippen molar-refractivity contribution in [3.8, 4) is 0 Å². The van der Waals surface area contributed by atoms with Crippen LogP contribution in [0.15, 0.2) is 0 Å². The van der Waals surface area contributed by atoms with Gasteiger partial charge in [0.25, 0.3) is 0 Å². The van der Waals surface area contributed by atoms with Crippen LogP contribution in [0.1, 0.15) is 33.1 Å². The molecule has 0 aliphatic carbocycles. The fourth-order valence-electron chi connectivity index (χ4n) is 2.94. The van der Waals surface area contributed by atoms with Gasteiger partial charge in [-0.2, -0.15) is 11.8 Å². The SMILES string of the molecule is CC(C)CNCC1CCC(CN(C)C2CCSC2)O1. The lowest BCUT2D eigenvalue weighted by molar-refractivity contribution is 0.0222. The van der Waals surface area contributed by atoms with Gasteiger partial charge in [0.05, 0.1) is 12.2 Å². The van der Waals surface area contributed by atoms with Gasteiger partial charge in [-0.05, 0) is 44.5 Å². The Hall–Kier alpha value is 0.230. The topological polar surface area (TPSA) is 24.5 Å². The fourth-order valence-corrected chi connectivity index (χ4v) is 4.24. The van der Waals surface area contributed by atoms with E-state index in [0.29, 0.717) is 12.2 Å². The average Bonchev–Trinajstić information content (AvgIpc) is 2.99. The summed E-state index contributed by atoms with van der Waals surface area (Å²) in [6.45, 7) is 7.74. The molecule has 0 radical (unpaired) electrons. The van der Waals surface area contributed by atoms with E-state index < -0.39 is 0 Å². The molecule has 2 rings (SSSR count). The lowest BCUT2D eigenvalue weighted by Crippen LogP contribution is -2.38. The van der Waals surface area contributed by atoms with Gasteiger partial charge in [-0.1, -0.05) is 13.8 Å². The van der Waals surface area contributed by atoms with E-state index in [9.17, 15) is 0 Å². The number of nitrogens with one attached hydrogen (secondary N) is 1. The van der Waals surface area contributed by atoms with Gasteiger partial charge in [-0.3, -0.25) is 4.90 Å². The number of nitrogens with zero attached hydrogens (tertiary/aromatic N) is 1. The summed E-state index contributed by atoms with van der Waals surface area (Å²) in [5.74, 6) is 3.37. The van der Waals surface area contributed by atoms with Gasteiger partial charge in [0.15, 0.2) is 0 Å². The van der Waals surface area contributed by atoms with E-state index in [1.165, 1.54) is 30.8 Å². The number of hydrogen-bond acceptors (Lipinski definition) is 4. The standard InChI is InChI=1S/C15H30N2OS/c1-12(2)8-16-9-14-4-5-15(18-14)10-17(3)13-6-7-19-11-13/h12-16H,4-11H2,1-3H3. The van der Waals surface area contributed by atoms with Crippen LogP contribution in [-0.4, -0.2) is 61.3 Å². The first-order chi connectivity index (χ1) is 9.15. The molecule has 3 unspecified atom stereocenters. The Morgan fingerprint density at radius 2 is 2.05 bits per heavy atom. The summed E-state index contributed by atoms with van der Waals surface area (Å²) >= 11 is 2.09. The molecule has 112 valence electrons. The second kappa shape index (κ2) is 7.87. The lowest BCUT2D eigenvalue weighted by atomic mass is 10.1. The van der Waals surface area contributed by atoms with Crippen molar-refractivity contribution in [3.63, 3.8) is 0 Å². The minimum atomic E-state index is 0.440. The van der Waals surface area contributed by atoms with E-state index >= 15 is 0 Å². The molecule has 4 heteroatoms. The summed E-state index contributed by atoms with van der Waals surface area (Å²) in [5.41, 5.74) is 0. The Kier molecular flexibility index (Phi) is 6.46. The number of likely N-dealkylation sites (N-methyl/N-ethyl adjacent to an activating group) is 1. The maximum absolute atomic E-state index is 6.16. The van der Waals surface area contributed by atoms with E-state index in [1.54, 1.807) is 0 Å². The quantitative estimate of drug-likeness (QED) is 0.775. The Morgan fingerprint density at radius 1 is 1.26 bits per heavy atom. The predicted octanol–water partition coefficient (Wildman–Crippen LogP) is 2.22. The van der Waals surface area contributed by atoms with Crippen molar-refractivity contribution in [3.05, 3.63) is 0 Å². The van der Waals surface area contributed by atoms with Crippen LogP contribution in [0.25, 0.3) is 0 Å². The monoisotopic (exact) mass is 286 g/mol. The zero-order valence-electron chi connectivity index (χ0n) is 12.7. The summed E-state index contributed by atoms with van der Waals surface area (Å²) in [7, 11) is 2.27. The van der Waals surface area contributed by atoms with Crippen LogP contribution in [0.4, 0.5) is 0 Å². The Bertz CT molecular complexity index is 257. The van der Waals surface area contributed by atoms with Crippen LogP contribution in [-0.2, 0) is 4.74 Å². The third-order valence-corrected chi connectivity index (χ3v) is 5.29. The van der Waals surface area contributed by atoms with Gasteiger partial charge in [0.2, 0.25) is 0 Å². The van der Waals surface area contributed by atoms with Gasteiger partial charge in [0.1, 0.15) is 0 Å². The first-order valence-corrected chi connectivity index (χ1v) is 8.94. The molecule has 0 aromatic carbocycles. The molecule has 2 fully saturated rings. The number of rotatable bonds is 7. The highest BCUT2D eigenvalue weighted by Crippen LogP contribution is 2.24. The number of thioether (sulfide) groups is 1. The van der Waals surface area contributed by atoms with E-state index in [1.807, 2.05) is 0 Å². The zero-order valence-corrected chi connectivity index (χ0v) is 13.5. The molecule has 19 heavy (non-hydrogen) atoms. The lowest BCUT2D eigenvalue weighted by Gasteiger charge is -2.26. The second-order valence-electron chi connectivity index (χ2n) is 6.47. The molecule has 0 amide bonds. The third kappa shape index (κ3) is 5.25. The molecule has 3 nitrogen and oxygen atoms in total. The molecule has 0 saturated carbocycles. The van der Waals surface area contributed by atoms with E-state index in [2.05, 4.69) is 42.9 Å². The maximum atomic E-state index is 6.16. The number of hydrogen-bond donors (Lipinski definition) is 1. The molecule has 0 aromatic rings. The van der Waals surface area contributed by atoms with Crippen molar-refractivity contribution >= 4 is 11.8 Å². The fraction of sp³-hybridized carbons (Fsp3) is 1.00. The van der Waals surface area contributed by atoms with E-state index in [4.69, 9.17) is 4.74 Å². The largest absolute Gasteiger partial charge is 0.372 e. The minimum Gasteiger partial charge on any atom is -0.372 e. The molecule has 0 aromatic heterocycles. The van der Waals surface area contributed by atoms with Crippen LogP contribution >= 0.6 is 11.8 Å². The Morgan fingerprint density at radius 3 is 2.74 bits per heavy atom. The van der Waals surface area contributed by atoms with Crippen molar-refractivity contribution in [1.82, 2.24) is 10.2 Å². The first kappa shape index (κ1) is 15.6. The van der Waals surface area contributed by atoms with Gasteiger partial charge in [-0.25, -0.2) is 0 Å². The second-order valence-corrected chi connectivity index (χ2v) is 7.62. The van der Waals surface area contributed by atoms with Crippen LogP contribution < -0.4 is 5.32 Å². The highest BCUT2D eigenvalue weighted by atomic mass is 32.2. The molecular weight excluding hydrogens is 256 g/mol. The van der Waals surface area contributed by atoms with Gasteiger partial charge in [-0.15, -0.1) is 0 Å². The third-order valence-electron chi connectivity index (χ3n) is 4.14. The molecule has 0 spiro atoms. The summed E-state index contributed by atoms with van der Waals surface area (Å²) in [5, 5.41) is 3.51. The summed E-state index contributed by atoms with van der Waals surface area (Å²) in [6, 6.07) is 0.784. The highest BCUT2D eigenvalue weighted by Gasteiger charge is 2.28. The maximum Gasteiger partial charge on any atom is 0.0707 e. The molecule has 2 aliphatic rings. The summed E-state index contributed by atoms with van der Waals surface area (Å²) in [4.78, 5) is 2.52. The van der Waals surface area contributed by atoms with Crippen molar-refractivity contribution in [2.24, 2.45) is 5.92 Å². The Labute approximate surface area is 122 Å². The summed E-state index contributed by atoms with van der Waals surface area (Å²) in [6.07, 6.45) is 4.71. The molecule has 1 N–H and O–H groups in total. The van der Waals surface area contributed by atoms with Crippen molar-refractivity contribution in [2.45, 2.75) is 51.4 Å². The van der Waals surface area contributed by atoms with Crippen molar-refractivity contribution in [1.29, 1.82) is 0 Å². The predicted molar refractivity (Wildman–Crippen MR) is 84.0 cm³/mol. The molecular formula is C15H30N2OS. The van der Waals surface area contributed by atoms with Crippen molar-refractivity contribution in [2.75, 3.05) is 38.2 Å². The minimum absolute atomic E-state index is 0.440. The van der Waals surface area contributed by atoms with E-state index in [-0.39, 0.29) is 0 Å². The van der Waals surface area contributed by atoms with Crippen LogP contribution in [0.2, 0.25) is 0 Å². The van der Waals surface area contributed by atoms with Crippen LogP contribution in [0, 0.1) is 5.92 Å². The highest BCUT2D eigenvalue weighted by molar-refractivity contribution is 7.99. The van der Waals surface area contributed by atoms with Crippen LogP contribution in [0.5, 0.6) is 0 Å². The summed E-state index contributed by atoms with van der Waals surface area (Å²) < 4.78 is 6.16. The molecule has 0 bridgehead atoms. The molecule has 2 heterocycles. The zero-order chi connectivity index (χ0) is 13.7. The normalized spacial score (nSPS) is 31.7.